The molecule has 14 heavy (non-hydrogen) atoms. The van der Waals surface area contributed by atoms with E-state index in [1.807, 2.05) is 0 Å². The van der Waals surface area contributed by atoms with E-state index >= 15 is 0 Å². The summed E-state index contributed by atoms with van der Waals surface area (Å²) in [5, 5.41) is 3.22. The molecule has 0 radical (unpaired) electrons. The van der Waals surface area contributed by atoms with Crippen LogP contribution in [-0.2, 0) is 0 Å². The molecule has 1 aromatic heterocycles. The van der Waals surface area contributed by atoms with Gasteiger partial charge in [0.2, 0.25) is 0 Å². The molecule has 0 aromatic carbocycles. The van der Waals surface area contributed by atoms with Crippen molar-refractivity contribution in [2.24, 2.45) is 5.92 Å². The van der Waals surface area contributed by atoms with Gasteiger partial charge in [0.1, 0.15) is 12.5 Å². The molecule has 2 rings (SSSR count). The summed E-state index contributed by atoms with van der Waals surface area (Å²) in [7, 11) is 0. The van der Waals surface area contributed by atoms with Crippen LogP contribution in [0.25, 0.3) is 0 Å². The number of halogens is 1. The van der Waals surface area contributed by atoms with Crippen molar-refractivity contribution >= 4 is 0 Å². The monoisotopic (exact) mass is 195 g/mol. The highest BCUT2D eigenvalue weighted by Gasteiger charge is 2.24. The lowest BCUT2D eigenvalue weighted by molar-refractivity contribution is 0.189. The van der Waals surface area contributed by atoms with Gasteiger partial charge in [-0.15, -0.1) is 0 Å². The Morgan fingerprint density at radius 2 is 1.93 bits per heavy atom. The third kappa shape index (κ3) is 2.07. The molecule has 1 aliphatic heterocycles. The normalized spacial score (nSPS) is 20.6. The van der Waals surface area contributed by atoms with Crippen molar-refractivity contribution in [1.82, 2.24) is 15.3 Å². The van der Waals surface area contributed by atoms with Crippen molar-refractivity contribution in [2.45, 2.75) is 19.0 Å². The van der Waals surface area contributed by atoms with Gasteiger partial charge in [-0.25, -0.2) is 14.4 Å². The first kappa shape index (κ1) is 9.52. The van der Waals surface area contributed by atoms with E-state index in [1.54, 1.807) is 12.4 Å². The summed E-state index contributed by atoms with van der Waals surface area (Å²) in [5.74, 6) is 0.127. The Hall–Kier alpha value is -1.03. The van der Waals surface area contributed by atoms with Crippen molar-refractivity contribution in [3.63, 3.8) is 0 Å². The number of piperidine rings is 1. The van der Waals surface area contributed by atoms with Crippen LogP contribution in [0.1, 0.15) is 24.6 Å². The average molecular weight is 195 g/mol. The number of aromatic nitrogens is 2. The molecule has 1 aromatic rings. The van der Waals surface area contributed by atoms with Gasteiger partial charge in [-0.1, -0.05) is 0 Å². The van der Waals surface area contributed by atoms with Crippen LogP contribution in [0, 0.1) is 5.92 Å². The van der Waals surface area contributed by atoms with Gasteiger partial charge in [-0.2, -0.15) is 0 Å². The molecule has 2 heterocycles. The van der Waals surface area contributed by atoms with Gasteiger partial charge in [-0.3, -0.25) is 0 Å². The van der Waals surface area contributed by atoms with Crippen LogP contribution >= 0.6 is 0 Å². The topological polar surface area (TPSA) is 37.8 Å². The number of rotatable bonds is 2. The summed E-state index contributed by atoms with van der Waals surface area (Å²) >= 11 is 0. The van der Waals surface area contributed by atoms with Gasteiger partial charge in [0, 0.05) is 18.0 Å². The van der Waals surface area contributed by atoms with E-state index in [0.29, 0.717) is 5.56 Å². The highest BCUT2D eigenvalue weighted by Crippen LogP contribution is 2.31. The Morgan fingerprint density at radius 1 is 1.29 bits per heavy atom. The number of nitrogens with one attached hydrogen (secondary N) is 1. The number of nitrogens with zero attached hydrogens (tertiary/aromatic N) is 2. The van der Waals surface area contributed by atoms with Gasteiger partial charge >= 0.3 is 0 Å². The highest BCUT2D eigenvalue weighted by molar-refractivity contribution is 5.08. The summed E-state index contributed by atoms with van der Waals surface area (Å²) in [6.07, 6.45) is 5.46. The second kappa shape index (κ2) is 4.46. The first-order valence-electron chi connectivity index (χ1n) is 4.97. The van der Waals surface area contributed by atoms with Crippen molar-refractivity contribution in [1.29, 1.82) is 0 Å². The van der Waals surface area contributed by atoms with Crippen LogP contribution in [0.3, 0.4) is 0 Å². The Balaban J connectivity index is 2.03. The van der Waals surface area contributed by atoms with Gasteiger partial charge in [-0.05, 0) is 31.8 Å². The minimum Gasteiger partial charge on any atom is -0.317 e. The predicted octanol–water partition coefficient (Wildman–Crippen LogP) is 1.49. The fraction of sp³-hybridized carbons (Fsp3) is 0.600. The molecule has 0 saturated carbocycles. The molecule has 3 nitrogen and oxygen atoms in total. The minimum atomic E-state index is -0.904. The molecule has 1 aliphatic rings. The molecular formula is C10H14FN3. The third-order valence-corrected chi connectivity index (χ3v) is 2.70. The first-order chi connectivity index (χ1) is 6.88. The Morgan fingerprint density at radius 3 is 2.57 bits per heavy atom. The average Bonchev–Trinajstić information content (AvgIpc) is 2.30. The van der Waals surface area contributed by atoms with E-state index in [0.717, 1.165) is 25.9 Å². The summed E-state index contributed by atoms with van der Waals surface area (Å²) in [4.78, 5) is 7.67. The van der Waals surface area contributed by atoms with Gasteiger partial charge in [0.15, 0.2) is 0 Å². The molecule has 0 aliphatic carbocycles. The largest absolute Gasteiger partial charge is 0.317 e. The molecule has 1 saturated heterocycles. The zero-order valence-electron chi connectivity index (χ0n) is 7.99. The molecule has 0 amide bonds. The molecule has 0 spiro atoms. The summed E-state index contributed by atoms with van der Waals surface area (Å²) in [5.41, 5.74) is 0.611. The van der Waals surface area contributed by atoms with E-state index in [4.69, 9.17) is 0 Å². The standard InChI is InChI=1S/C10H14FN3/c11-10(8-1-3-12-4-2-8)9-5-13-7-14-6-9/h5-8,10,12H,1-4H2. The summed E-state index contributed by atoms with van der Waals surface area (Å²) < 4.78 is 13.9. The van der Waals surface area contributed by atoms with Crippen LogP contribution in [0.4, 0.5) is 4.39 Å². The lowest BCUT2D eigenvalue weighted by Crippen LogP contribution is -2.29. The van der Waals surface area contributed by atoms with Gasteiger partial charge in [0.25, 0.3) is 0 Å². The van der Waals surface area contributed by atoms with Crippen molar-refractivity contribution in [2.75, 3.05) is 13.1 Å². The summed E-state index contributed by atoms with van der Waals surface area (Å²) in [6, 6.07) is 0. The maximum absolute atomic E-state index is 13.9. The Kier molecular flexibility index (Phi) is 3.03. The van der Waals surface area contributed by atoms with Crippen LogP contribution in [0.5, 0.6) is 0 Å². The predicted molar refractivity (Wildman–Crippen MR) is 51.5 cm³/mol. The molecule has 1 fully saturated rings. The second-order valence-electron chi connectivity index (χ2n) is 3.66. The smallest absolute Gasteiger partial charge is 0.131 e. The second-order valence-corrected chi connectivity index (χ2v) is 3.66. The van der Waals surface area contributed by atoms with Crippen molar-refractivity contribution < 1.29 is 4.39 Å². The number of alkyl halides is 1. The maximum Gasteiger partial charge on any atom is 0.131 e. The number of hydrogen-bond acceptors (Lipinski definition) is 3. The molecule has 1 unspecified atom stereocenters. The highest BCUT2D eigenvalue weighted by atomic mass is 19.1. The lowest BCUT2D eigenvalue weighted by atomic mass is 9.90. The Bertz CT molecular complexity index is 272. The first-order valence-corrected chi connectivity index (χ1v) is 4.97. The zero-order chi connectivity index (χ0) is 9.80. The third-order valence-electron chi connectivity index (χ3n) is 2.70. The van der Waals surface area contributed by atoms with Crippen LogP contribution in [0.15, 0.2) is 18.7 Å². The molecule has 4 heteroatoms. The molecular weight excluding hydrogens is 181 g/mol. The fourth-order valence-corrected chi connectivity index (χ4v) is 1.86. The number of hydrogen-bond donors (Lipinski definition) is 1. The van der Waals surface area contributed by atoms with Crippen LogP contribution in [0.2, 0.25) is 0 Å². The molecule has 76 valence electrons. The molecule has 1 atom stereocenters. The summed E-state index contributed by atoms with van der Waals surface area (Å²) in [6.45, 7) is 1.83. The van der Waals surface area contributed by atoms with Crippen LogP contribution < -0.4 is 5.32 Å². The quantitative estimate of drug-likeness (QED) is 0.776. The van der Waals surface area contributed by atoms with E-state index in [-0.39, 0.29) is 5.92 Å². The van der Waals surface area contributed by atoms with Crippen molar-refractivity contribution in [3.05, 3.63) is 24.3 Å². The van der Waals surface area contributed by atoms with Gasteiger partial charge in [0.05, 0.1) is 0 Å². The van der Waals surface area contributed by atoms with E-state index in [1.165, 1.54) is 6.33 Å². The van der Waals surface area contributed by atoms with Crippen LogP contribution in [-0.4, -0.2) is 23.1 Å². The minimum absolute atomic E-state index is 0.127. The molecule has 0 bridgehead atoms. The van der Waals surface area contributed by atoms with Gasteiger partial charge < -0.3 is 5.32 Å². The van der Waals surface area contributed by atoms with E-state index in [9.17, 15) is 4.39 Å². The lowest BCUT2D eigenvalue weighted by Gasteiger charge is -2.25. The van der Waals surface area contributed by atoms with E-state index < -0.39 is 6.17 Å². The Labute approximate surface area is 82.8 Å². The van der Waals surface area contributed by atoms with Crippen molar-refractivity contribution in [3.8, 4) is 0 Å². The molecule has 1 N–H and O–H groups in total. The zero-order valence-corrected chi connectivity index (χ0v) is 7.99. The fourth-order valence-electron chi connectivity index (χ4n) is 1.86. The maximum atomic E-state index is 13.9. The SMILES string of the molecule is FC(c1cncnc1)C1CCNCC1. The van der Waals surface area contributed by atoms with E-state index in [2.05, 4.69) is 15.3 Å².